The maximum Gasteiger partial charge on any atom is 0.399 e. The molecule has 0 amide bonds. The second-order valence-corrected chi connectivity index (χ2v) is 9.54. The summed E-state index contributed by atoms with van der Waals surface area (Å²) in [7, 11) is -4.67. The van der Waals surface area contributed by atoms with E-state index in [9.17, 15) is 17.8 Å². The SMILES string of the molecule is C#C[C@]1(OS(=O)(=O)O)C=C[C@H]2[C@@H]3CCC4=CC(=O)CC[C@@H]4[C@H]3CC[C@@]21CC.[Na]. The Morgan fingerprint density at radius 1 is 1.29 bits per heavy atom. The quantitative estimate of drug-likeness (QED) is 0.333. The zero-order valence-electron chi connectivity index (χ0n) is 16.6. The Morgan fingerprint density at radius 3 is 2.68 bits per heavy atom. The van der Waals surface area contributed by atoms with E-state index in [1.807, 2.05) is 19.1 Å². The van der Waals surface area contributed by atoms with Gasteiger partial charge in [-0.15, -0.1) is 6.42 Å². The van der Waals surface area contributed by atoms with Crippen molar-refractivity contribution < 1.29 is 21.9 Å². The molecule has 1 N–H and O–H groups in total. The molecule has 2 fully saturated rings. The Labute approximate surface area is 189 Å². The molecule has 0 aromatic heterocycles. The summed E-state index contributed by atoms with van der Waals surface area (Å²) < 4.78 is 37.6. The Kier molecular flexibility index (Phi) is 6.11. The van der Waals surface area contributed by atoms with Crippen LogP contribution in [0.2, 0.25) is 0 Å². The standard InChI is InChI=1S/C21H26O5S.Na/c1-3-20-11-9-17-16-8-6-15(22)13-14(16)5-7-18(17)19(20)10-12-21(20,4-2)26-27(23,24)25;/h2,10,12-13,16-19H,3,5-9,11H2,1H3,(H,23,24,25);/t16-,17+,18+,19-,20-,21-;/m0./s1. The van der Waals surface area contributed by atoms with Gasteiger partial charge in [0.15, 0.2) is 11.4 Å². The number of fused-ring (bicyclic) bond motifs is 5. The van der Waals surface area contributed by atoms with Gasteiger partial charge in [-0.1, -0.05) is 24.5 Å². The first kappa shape index (κ1) is 22.3. The zero-order valence-corrected chi connectivity index (χ0v) is 19.4. The van der Waals surface area contributed by atoms with Crippen LogP contribution < -0.4 is 0 Å². The number of hydrogen-bond acceptors (Lipinski definition) is 4. The van der Waals surface area contributed by atoms with Crippen molar-refractivity contribution in [3.63, 3.8) is 0 Å². The van der Waals surface area contributed by atoms with Crippen LogP contribution in [0.5, 0.6) is 0 Å². The maximum atomic E-state index is 11.8. The fourth-order valence-corrected chi connectivity index (χ4v) is 7.26. The summed E-state index contributed by atoms with van der Waals surface area (Å²) in [6, 6.07) is 0. The molecule has 6 atom stereocenters. The molecule has 7 heteroatoms. The van der Waals surface area contributed by atoms with Crippen molar-refractivity contribution in [2.75, 3.05) is 0 Å². The topological polar surface area (TPSA) is 80.7 Å². The first-order chi connectivity index (χ1) is 12.8. The van der Waals surface area contributed by atoms with Gasteiger partial charge in [0, 0.05) is 41.4 Å². The van der Waals surface area contributed by atoms with Crippen LogP contribution in [0.3, 0.4) is 0 Å². The molecule has 0 bridgehead atoms. The van der Waals surface area contributed by atoms with E-state index in [1.54, 1.807) is 6.08 Å². The summed E-state index contributed by atoms with van der Waals surface area (Å²) in [6.07, 6.45) is 17.2. The van der Waals surface area contributed by atoms with Gasteiger partial charge in [-0.25, -0.2) is 4.18 Å². The second-order valence-electron chi connectivity index (χ2n) is 8.52. The molecule has 5 nitrogen and oxygen atoms in total. The first-order valence-corrected chi connectivity index (χ1v) is 11.2. The normalized spacial score (nSPS) is 41.8. The minimum atomic E-state index is -4.67. The van der Waals surface area contributed by atoms with Crippen LogP contribution in [0, 0.1) is 41.4 Å². The zero-order chi connectivity index (χ0) is 19.4. The van der Waals surface area contributed by atoms with Crippen LogP contribution in [0.4, 0.5) is 0 Å². The van der Waals surface area contributed by atoms with Crippen molar-refractivity contribution in [2.24, 2.45) is 29.1 Å². The third-order valence-corrected chi connectivity index (χ3v) is 8.21. The van der Waals surface area contributed by atoms with Crippen molar-refractivity contribution in [1.82, 2.24) is 0 Å². The maximum absolute atomic E-state index is 11.8. The predicted octanol–water partition coefficient (Wildman–Crippen LogP) is 3.10. The van der Waals surface area contributed by atoms with Crippen LogP contribution >= 0.6 is 0 Å². The van der Waals surface area contributed by atoms with Crippen molar-refractivity contribution in [3.05, 3.63) is 23.8 Å². The number of carbonyl (C=O) groups is 1. The summed E-state index contributed by atoms with van der Waals surface area (Å²) in [5, 5.41) is 0. The Balaban J connectivity index is 0.00000225. The second kappa shape index (κ2) is 7.68. The molecule has 0 aromatic rings. The van der Waals surface area contributed by atoms with Crippen LogP contribution in [0.25, 0.3) is 0 Å². The fourth-order valence-electron chi connectivity index (χ4n) is 6.66. The Bertz CT molecular complexity index is 870. The monoisotopic (exact) mass is 413 g/mol. The van der Waals surface area contributed by atoms with Gasteiger partial charge in [0.25, 0.3) is 0 Å². The van der Waals surface area contributed by atoms with Gasteiger partial charge in [0.05, 0.1) is 0 Å². The molecular formula is C21H26NaO5S. The molecule has 2 saturated carbocycles. The van der Waals surface area contributed by atoms with Crippen LogP contribution in [-0.2, 0) is 19.4 Å². The molecule has 0 saturated heterocycles. The van der Waals surface area contributed by atoms with Crippen LogP contribution in [0.15, 0.2) is 23.8 Å². The number of ketones is 1. The summed E-state index contributed by atoms with van der Waals surface area (Å²) >= 11 is 0. The summed E-state index contributed by atoms with van der Waals surface area (Å²) in [5.41, 5.74) is -0.649. The van der Waals surface area contributed by atoms with Gasteiger partial charge < -0.3 is 0 Å². The Morgan fingerprint density at radius 2 is 2.04 bits per heavy atom. The number of hydrogen-bond donors (Lipinski definition) is 1. The van der Waals surface area contributed by atoms with Gasteiger partial charge in [-0.05, 0) is 74.3 Å². The van der Waals surface area contributed by atoms with Crippen molar-refractivity contribution in [3.8, 4) is 12.3 Å². The fraction of sp³-hybridized carbons (Fsp3) is 0.667. The van der Waals surface area contributed by atoms with Crippen molar-refractivity contribution in [2.45, 2.75) is 57.5 Å². The number of allylic oxidation sites excluding steroid dienone is 3. The van der Waals surface area contributed by atoms with E-state index >= 15 is 0 Å². The molecule has 4 aliphatic carbocycles. The average Bonchev–Trinajstić information content (AvgIpc) is 2.94. The van der Waals surface area contributed by atoms with E-state index in [4.69, 9.17) is 10.6 Å². The Hall–Kier alpha value is -0.420. The molecule has 0 heterocycles. The minimum Gasteiger partial charge on any atom is -0.295 e. The van der Waals surface area contributed by atoms with Crippen molar-refractivity contribution in [1.29, 1.82) is 0 Å². The average molecular weight is 413 g/mol. The van der Waals surface area contributed by atoms with Gasteiger partial charge >= 0.3 is 10.4 Å². The van der Waals surface area contributed by atoms with Gasteiger partial charge in [-0.3, -0.25) is 9.35 Å². The molecule has 0 aliphatic heterocycles. The largest absolute Gasteiger partial charge is 0.399 e. The molecule has 28 heavy (non-hydrogen) atoms. The van der Waals surface area contributed by atoms with E-state index in [0.717, 1.165) is 32.1 Å². The van der Waals surface area contributed by atoms with Gasteiger partial charge in [0.1, 0.15) is 0 Å². The summed E-state index contributed by atoms with van der Waals surface area (Å²) in [5.74, 6) is 4.28. The molecule has 4 rings (SSSR count). The summed E-state index contributed by atoms with van der Waals surface area (Å²) in [4.78, 5) is 11.8. The molecule has 147 valence electrons. The first-order valence-electron chi connectivity index (χ1n) is 9.84. The van der Waals surface area contributed by atoms with E-state index in [2.05, 4.69) is 5.92 Å². The molecular weight excluding hydrogens is 387 g/mol. The smallest absolute Gasteiger partial charge is 0.295 e. The molecule has 0 unspecified atom stereocenters. The molecule has 1 radical (unpaired) electrons. The van der Waals surface area contributed by atoms with Crippen LogP contribution in [-0.4, -0.2) is 53.9 Å². The van der Waals surface area contributed by atoms with Gasteiger partial charge in [-0.2, -0.15) is 8.42 Å². The van der Waals surface area contributed by atoms with E-state index in [-0.39, 0.29) is 41.3 Å². The number of carbonyl (C=O) groups excluding carboxylic acids is 1. The number of terminal acetylenes is 1. The summed E-state index contributed by atoms with van der Waals surface area (Å²) in [6.45, 7) is 2.02. The van der Waals surface area contributed by atoms with Crippen molar-refractivity contribution >= 4 is 45.7 Å². The molecule has 0 aromatic carbocycles. The van der Waals surface area contributed by atoms with Crippen LogP contribution in [0.1, 0.15) is 51.9 Å². The minimum absolute atomic E-state index is 0. The molecule has 0 spiro atoms. The molecule has 4 aliphatic rings. The van der Waals surface area contributed by atoms with E-state index in [0.29, 0.717) is 30.6 Å². The number of rotatable bonds is 3. The predicted molar refractivity (Wildman–Crippen MR) is 107 cm³/mol. The van der Waals surface area contributed by atoms with E-state index < -0.39 is 21.4 Å². The third-order valence-electron chi connectivity index (χ3n) is 7.74. The van der Waals surface area contributed by atoms with Gasteiger partial charge in [0.2, 0.25) is 0 Å². The van der Waals surface area contributed by atoms with E-state index in [1.165, 1.54) is 5.57 Å². The third kappa shape index (κ3) is 3.29.